The van der Waals surface area contributed by atoms with Crippen molar-refractivity contribution in [3.05, 3.63) is 5.21 Å². The van der Waals surface area contributed by atoms with E-state index in [1.807, 2.05) is 27.7 Å². The molecule has 1 saturated heterocycles. The normalized spacial score (nSPS) is 27.1. The Kier molecular flexibility index (Phi) is 2.87. The Labute approximate surface area is 91.8 Å². The van der Waals surface area contributed by atoms with Crippen LogP contribution in [-0.4, -0.2) is 21.7 Å². The molecule has 0 saturated carbocycles. The van der Waals surface area contributed by atoms with Crippen molar-refractivity contribution in [3.8, 4) is 0 Å². The van der Waals surface area contributed by atoms with Gasteiger partial charge in [-0.05, 0) is 34.1 Å². The van der Waals surface area contributed by atoms with E-state index in [4.69, 9.17) is 0 Å². The maximum atomic E-state index is 12.8. The molecule has 0 radical (unpaired) electrons. The lowest BCUT2D eigenvalue weighted by Crippen LogP contribution is -2.76. The van der Waals surface area contributed by atoms with E-state index in [9.17, 15) is 10.0 Å². The zero-order valence-corrected chi connectivity index (χ0v) is 10.4. The van der Waals surface area contributed by atoms with Gasteiger partial charge in [0.2, 0.25) is 0 Å². The fraction of sp³-hybridized carbons (Fsp3) is 0.909. The van der Waals surface area contributed by atoms with Crippen LogP contribution in [-0.2, 0) is 4.79 Å². The molecule has 1 N–H and O–H groups in total. The second-order valence-electron chi connectivity index (χ2n) is 5.76. The van der Waals surface area contributed by atoms with Gasteiger partial charge in [-0.15, -0.1) is 0 Å². The first-order chi connectivity index (χ1) is 6.62. The summed E-state index contributed by atoms with van der Waals surface area (Å²) < 4.78 is -0.616. The first-order valence-electron chi connectivity index (χ1n) is 5.51. The van der Waals surface area contributed by atoms with E-state index in [1.54, 1.807) is 0 Å². The minimum atomic E-state index is -0.616. The number of rotatable bonds is 1. The van der Waals surface area contributed by atoms with Crippen molar-refractivity contribution in [2.24, 2.45) is 0 Å². The van der Waals surface area contributed by atoms with Crippen molar-refractivity contribution < 1.29 is 9.55 Å². The van der Waals surface area contributed by atoms with Gasteiger partial charge in [0.15, 0.2) is 0 Å². The zero-order chi connectivity index (χ0) is 11.9. The Balaban J connectivity index is 3.09. The highest BCUT2D eigenvalue weighted by Gasteiger charge is 2.52. The van der Waals surface area contributed by atoms with Gasteiger partial charge in [0.1, 0.15) is 11.1 Å². The van der Waals surface area contributed by atoms with E-state index in [1.165, 1.54) is 6.92 Å². The molecular weight excluding hydrogens is 192 g/mol. The fourth-order valence-electron chi connectivity index (χ4n) is 2.61. The highest BCUT2D eigenvalue weighted by atomic mass is 16.6. The molecule has 15 heavy (non-hydrogen) atoms. The molecule has 1 aliphatic rings. The maximum absolute atomic E-state index is 12.8. The lowest BCUT2D eigenvalue weighted by molar-refractivity contribution is -1.01. The summed E-state index contributed by atoms with van der Waals surface area (Å²) in [6.07, 6.45) is 2.74. The molecule has 0 unspecified atom stereocenters. The quantitative estimate of drug-likeness (QED) is 0.537. The van der Waals surface area contributed by atoms with Gasteiger partial charge in [0, 0.05) is 19.8 Å². The second kappa shape index (κ2) is 3.46. The van der Waals surface area contributed by atoms with Crippen molar-refractivity contribution in [2.45, 2.75) is 65.0 Å². The van der Waals surface area contributed by atoms with Gasteiger partial charge in [0.05, 0.1) is 0 Å². The summed E-state index contributed by atoms with van der Waals surface area (Å²) in [7, 11) is 0. The van der Waals surface area contributed by atoms with Crippen LogP contribution in [0.5, 0.6) is 0 Å². The van der Waals surface area contributed by atoms with Crippen LogP contribution in [0.1, 0.15) is 53.9 Å². The van der Waals surface area contributed by atoms with Crippen LogP contribution in [0.4, 0.5) is 0 Å². The molecule has 4 heteroatoms. The molecule has 0 aliphatic carbocycles. The van der Waals surface area contributed by atoms with E-state index < -0.39 is 15.8 Å². The second-order valence-corrected chi connectivity index (χ2v) is 5.76. The fourth-order valence-corrected chi connectivity index (χ4v) is 2.61. The first kappa shape index (κ1) is 12.5. The van der Waals surface area contributed by atoms with Gasteiger partial charge in [-0.3, -0.25) is 4.79 Å². The standard InChI is InChI=1S/C11H22N2O2/c1-9(14)12-13(15)10(2,3)7-6-8-11(13,4)5/h6-8H2,1-5H3,(H,12,14). The van der Waals surface area contributed by atoms with E-state index in [0.29, 0.717) is 0 Å². The predicted octanol–water partition coefficient (Wildman–Crippen LogP) is 2.09. The highest BCUT2D eigenvalue weighted by molar-refractivity contribution is 5.71. The van der Waals surface area contributed by atoms with Crippen molar-refractivity contribution in [3.63, 3.8) is 0 Å². The number of carbonyl (C=O) groups excluding carboxylic acids is 1. The van der Waals surface area contributed by atoms with E-state index >= 15 is 0 Å². The Morgan fingerprint density at radius 1 is 1.20 bits per heavy atom. The molecule has 1 aliphatic heterocycles. The molecule has 1 heterocycles. The molecule has 0 atom stereocenters. The summed E-state index contributed by atoms with van der Waals surface area (Å²) in [6.45, 7) is 9.11. The van der Waals surface area contributed by atoms with Crippen molar-refractivity contribution in [2.75, 3.05) is 0 Å². The summed E-state index contributed by atoms with van der Waals surface area (Å²) in [4.78, 5) is 11.2. The van der Waals surface area contributed by atoms with Crippen LogP contribution in [0.15, 0.2) is 0 Å². The van der Waals surface area contributed by atoms with Gasteiger partial charge in [-0.2, -0.15) is 0 Å². The number of nitrogens with one attached hydrogen (secondary N) is 1. The van der Waals surface area contributed by atoms with Crippen molar-refractivity contribution in [1.29, 1.82) is 0 Å². The highest BCUT2D eigenvalue weighted by Crippen LogP contribution is 2.42. The molecule has 88 valence electrons. The van der Waals surface area contributed by atoms with Gasteiger partial charge in [0.25, 0.3) is 5.91 Å². The van der Waals surface area contributed by atoms with Gasteiger partial charge in [-0.25, -0.2) is 10.2 Å². The number of hydrogen-bond donors (Lipinski definition) is 1. The number of carbonyl (C=O) groups is 1. The number of quaternary nitrogens is 1. The third-order valence-electron chi connectivity index (χ3n) is 3.60. The number of amides is 1. The van der Waals surface area contributed by atoms with Crippen molar-refractivity contribution >= 4 is 5.91 Å². The third kappa shape index (κ3) is 1.88. The Morgan fingerprint density at radius 3 is 1.93 bits per heavy atom. The Morgan fingerprint density at radius 2 is 1.60 bits per heavy atom. The average molecular weight is 214 g/mol. The molecule has 0 aromatic heterocycles. The van der Waals surface area contributed by atoms with Crippen LogP contribution in [0.2, 0.25) is 0 Å². The van der Waals surface area contributed by atoms with E-state index in [0.717, 1.165) is 19.3 Å². The van der Waals surface area contributed by atoms with Crippen LogP contribution < -0.4 is 5.43 Å². The molecule has 4 nitrogen and oxygen atoms in total. The van der Waals surface area contributed by atoms with Crippen molar-refractivity contribution in [1.82, 2.24) is 5.43 Å². The monoisotopic (exact) mass is 214 g/mol. The number of nitrogens with zero attached hydrogens (tertiary/aromatic N) is 1. The summed E-state index contributed by atoms with van der Waals surface area (Å²) in [5.74, 6) is -0.256. The van der Waals surface area contributed by atoms with Crippen LogP contribution >= 0.6 is 0 Å². The van der Waals surface area contributed by atoms with E-state index in [2.05, 4.69) is 5.43 Å². The van der Waals surface area contributed by atoms with Gasteiger partial charge < -0.3 is 5.21 Å². The molecule has 0 bridgehead atoms. The molecule has 1 fully saturated rings. The molecule has 1 rings (SSSR count). The lowest BCUT2D eigenvalue weighted by Gasteiger charge is -2.63. The van der Waals surface area contributed by atoms with Gasteiger partial charge in [-0.1, -0.05) is 0 Å². The maximum Gasteiger partial charge on any atom is 0.262 e. The minimum Gasteiger partial charge on any atom is -0.605 e. The van der Waals surface area contributed by atoms with Crippen LogP contribution in [0.3, 0.4) is 0 Å². The van der Waals surface area contributed by atoms with Crippen LogP contribution in [0, 0.1) is 5.21 Å². The topological polar surface area (TPSA) is 52.2 Å². The van der Waals surface area contributed by atoms with E-state index in [-0.39, 0.29) is 5.91 Å². The summed E-state index contributed by atoms with van der Waals surface area (Å²) >= 11 is 0. The summed E-state index contributed by atoms with van der Waals surface area (Å²) in [6, 6.07) is 0. The molecule has 0 aromatic carbocycles. The smallest absolute Gasteiger partial charge is 0.262 e. The van der Waals surface area contributed by atoms with Gasteiger partial charge >= 0.3 is 0 Å². The molecular formula is C11H22N2O2. The minimum absolute atomic E-state index is 0.256. The summed E-state index contributed by atoms with van der Waals surface area (Å²) in [5, 5.41) is 12.8. The Bertz CT molecular complexity index is 256. The SMILES string of the molecule is CC(=O)N[N+]1([O-])C(C)(C)CCCC1(C)C. The zero-order valence-electron chi connectivity index (χ0n) is 10.4. The largest absolute Gasteiger partial charge is 0.605 e. The number of hydrogen-bond acceptors (Lipinski definition) is 2. The molecule has 0 spiro atoms. The van der Waals surface area contributed by atoms with Crippen LogP contribution in [0.25, 0.3) is 0 Å². The average Bonchev–Trinajstić information content (AvgIpc) is 1.99. The number of hydroxylamine groups is 2. The molecule has 1 amide bonds. The Hall–Kier alpha value is -0.610. The third-order valence-corrected chi connectivity index (χ3v) is 3.60. The lowest BCUT2D eigenvalue weighted by atomic mass is 9.81. The number of piperidine rings is 1. The summed E-state index contributed by atoms with van der Waals surface area (Å²) in [5.41, 5.74) is 1.68. The predicted molar refractivity (Wildman–Crippen MR) is 59.5 cm³/mol. The molecule has 0 aromatic rings. The first-order valence-corrected chi connectivity index (χ1v) is 5.51.